The van der Waals surface area contributed by atoms with Gasteiger partial charge in [-0.15, -0.1) is 11.3 Å². The first-order valence-corrected chi connectivity index (χ1v) is 5.96. The third-order valence-corrected chi connectivity index (χ3v) is 3.99. The predicted octanol–water partition coefficient (Wildman–Crippen LogP) is 2.06. The van der Waals surface area contributed by atoms with Gasteiger partial charge in [0.2, 0.25) is 0 Å². The van der Waals surface area contributed by atoms with Crippen LogP contribution in [-0.2, 0) is 4.79 Å². The minimum absolute atomic E-state index is 0.0275. The second-order valence-corrected chi connectivity index (χ2v) is 5.08. The molecule has 3 N–H and O–H groups in total. The highest BCUT2D eigenvalue weighted by molar-refractivity contribution is 8.01. The Morgan fingerprint density at radius 3 is 3.07 bits per heavy atom. The van der Waals surface area contributed by atoms with Crippen LogP contribution in [0.1, 0.15) is 0 Å². The second-order valence-electron chi connectivity index (χ2n) is 2.86. The van der Waals surface area contributed by atoms with Crippen molar-refractivity contribution in [3.8, 4) is 0 Å². The van der Waals surface area contributed by atoms with E-state index in [0.29, 0.717) is 5.69 Å². The highest BCUT2D eigenvalue weighted by Gasteiger charge is 2.07. The number of hydrogen-bond acceptors (Lipinski definition) is 5. The molecule has 1 aromatic carbocycles. The Labute approximate surface area is 94.1 Å². The number of hydrogen-bond donors (Lipinski definition) is 2. The van der Waals surface area contributed by atoms with Crippen molar-refractivity contribution in [3.63, 3.8) is 0 Å². The molecule has 78 valence electrons. The molecule has 0 saturated heterocycles. The number of anilines is 1. The molecule has 0 bridgehead atoms. The van der Waals surface area contributed by atoms with Crippen molar-refractivity contribution < 1.29 is 9.90 Å². The fraction of sp³-hybridized carbons (Fsp3) is 0.111. The quantitative estimate of drug-likeness (QED) is 0.634. The zero-order valence-electron chi connectivity index (χ0n) is 7.64. The summed E-state index contributed by atoms with van der Waals surface area (Å²) in [6.07, 6.45) is 0. The van der Waals surface area contributed by atoms with Crippen molar-refractivity contribution in [2.45, 2.75) is 4.34 Å². The molecule has 2 rings (SSSR count). The van der Waals surface area contributed by atoms with Crippen LogP contribution in [0.15, 0.2) is 22.5 Å². The van der Waals surface area contributed by atoms with E-state index in [2.05, 4.69) is 4.98 Å². The van der Waals surface area contributed by atoms with Crippen molar-refractivity contribution >= 4 is 45.0 Å². The maximum atomic E-state index is 10.4. The number of aromatic nitrogens is 1. The molecule has 0 unspecified atom stereocenters. The number of thiazole rings is 1. The lowest BCUT2D eigenvalue weighted by molar-refractivity contribution is -0.133. The summed E-state index contributed by atoms with van der Waals surface area (Å²) in [4.78, 5) is 14.7. The summed E-state index contributed by atoms with van der Waals surface area (Å²) in [6.45, 7) is 0. The van der Waals surface area contributed by atoms with Crippen LogP contribution in [-0.4, -0.2) is 21.8 Å². The lowest BCUT2D eigenvalue weighted by Gasteiger charge is -1.90. The summed E-state index contributed by atoms with van der Waals surface area (Å²) in [5.74, 6) is -0.813. The van der Waals surface area contributed by atoms with Gasteiger partial charge in [0.1, 0.15) is 0 Å². The van der Waals surface area contributed by atoms with Gasteiger partial charge in [-0.05, 0) is 12.1 Å². The lowest BCUT2D eigenvalue weighted by Crippen LogP contribution is -1.96. The van der Waals surface area contributed by atoms with Crippen molar-refractivity contribution in [1.29, 1.82) is 0 Å². The Balaban J connectivity index is 2.31. The highest BCUT2D eigenvalue weighted by atomic mass is 32.2. The molecule has 0 spiro atoms. The zero-order valence-corrected chi connectivity index (χ0v) is 9.27. The molecule has 0 saturated carbocycles. The molecule has 15 heavy (non-hydrogen) atoms. The van der Waals surface area contributed by atoms with E-state index in [4.69, 9.17) is 10.8 Å². The van der Waals surface area contributed by atoms with Crippen molar-refractivity contribution in [2.24, 2.45) is 0 Å². The van der Waals surface area contributed by atoms with E-state index in [9.17, 15) is 4.79 Å². The molecule has 4 nitrogen and oxygen atoms in total. The number of aliphatic carboxylic acids is 1. The summed E-state index contributed by atoms with van der Waals surface area (Å²) < 4.78 is 1.66. The lowest BCUT2D eigenvalue weighted by atomic mass is 10.3. The van der Waals surface area contributed by atoms with Crippen LogP contribution >= 0.6 is 23.1 Å². The molecule has 0 fully saturated rings. The number of carboxylic acid groups (broad SMARTS) is 1. The normalized spacial score (nSPS) is 10.7. The molecule has 1 aromatic heterocycles. The maximum Gasteiger partial charge on any atom is 0.313 e. The third kappa shape index (κ3) is 2.21. The van der Waals surface area contributed by atoms with Gasteiger partial charge in [-0.2, -0.15) is 0 Å². The van der Waals surface area contributed by atoms with Crippen LogP contribution in [0, 0.1) is 0 Å². The SMILES string of the molecule is Nc1cccc2nc(SCC(=O)O)sc12. The number of benzene rings is 1. The Hall–Kier alpha value is -1.27. The number of rotatable bonds is 3. The second kappa shape index (κ2) is 4.08. The van der Waals surface area contributed by atoms with Crippen molar-refractivity contribution in [3.05, 3.63) is 18.2 Å². The number of carboxylic acids is 1. The number of nitrogens with two attached hydrogens (primary N) is 1. The summed E-state index contributed by atoms with van der Waals surface area (Å²) in [6, 6.07) is 5.52. The molecule has 1 heterocycles. The smallest absolute Gasteiger partial charge is 0.313 e. The van der Waals surface area contributed by atoms with E-state index in [1.807, 2.05) is 18.2 Å². The van der Waals surface area contributed by atoms with Crippen LogP contribution in [0.3, 0.4) is 0 Å². The Kier molecular flexibility index (Phi) is 2.79. The minimum Gasteiger partial charge on any atom is -0.481 e. The Bertz CT molecular complexity index is 510. The molecule has 6 heteroatoms. The van der Waals surface area contributed by atoms with E-state index < -0.39 is 5.97 Å². The monoisotopic (exact) mass is 240 g/mol. The van der Waals surface area contributed by atoms with Gasteiger partial charge in [0.25, 0.3) is 0 Å². The fourth-order valence-electron chi connectivity index (χ4n) is 1.14. The van der Waals surface area contributed by atoms with Gasteiger partial charge in [0.15, 0.2) is 4.34 Å². The van der Waals surface area contributed by atoms with E-state index in [0.717, 1.165) is 14.6 Å². The number of thioether (sulfide) groups is 1. The van der Waals surface area contributed by atoms with Gasteiger partial charge >= 0.3 is 5.97 Å². The van der Waals surface area contributed by atoms with Gasteiger partial charge in [0, 0.05) is 0 Å². The van der Waals surface area contributed by atoms with E-state index in [1.165, 1.54) is 23.1 Å². The molecular formula is C9H8N2O2S2. The van der Waals surface area contributed by atoms with E-state index in [-0.39, 0.29) is 5.75 Å². The molecule has 0 radical (unpaired) electrons. The average Bonchev–Trinajstić information content (AvgIpc) is 2.59. The molecule has 0 atom stereocenters. The first kappa shape index (κ1) is 10.3. The molecule has 0 amide bonds. The van der Waals surface area contributed by atoms with Crippen LogP contribution < -0.4 is 5.73 Å². The number of carbonyl (C=O) groups is 1. The van der Waals surface area contributed by atoms with Gasteiger partial charge in [-0.25, -0.2) is 4.98 Å². The molecular weight excluding hydrogens is 232 g/mol. The van der Waals surface area contributed by atoms with Gasteiger partial charge < -0.3 is 10.8 Å². The maximum absolute atomic E-state index is 10.4. The number of fused-ring (bicyclic) bond motifs is 1. The molecule has 2 aromatic rings. The van der Waals surface area contributed by atoms with Crippen LogP contribution in [0.5, 0.6) is 0 Å². The average molecular weight is 240 g/mol. The third-order valence-electron chi connectivity index (χ3n) is 1.74. The summed E-state index contributed by atoms with van der Waals surface area (Å²) in [5, 5.41) is 8.54. The zero-order chi connectivity index (χ0) is 10.8. The summed E-state index contributed by atoms with van der Waals surface area (Å²) in [7, 11) is 0. The fourth-order valence-corrected chi connectivity index (χ4v) is 2.93. The molecule has 0 aliphatic heterocycles. The van der Waals surface area contributed by atoms with Crippen molar-refractivity contribution in [1.82, 2.24) is 4.98 Å². The standard InChI is InChI=1S/C9H8N2O2S2/c10-5-2-1-3-6-8(5)15-9(11-6)14-4-7(12)13/h1-3H,4,10H2,(H,12,13). The van der Waals surface area contributed by atoms with Gasteiger partial charge in [-0.1, -0.05) is 17.8 Å². The number of nitrogens with zero attached hydrogens (tertiary/aromatic N) is 1. The largest absolute Gasteiger partial charge is 0.481 e. The summed E-state index contributed by atoms with van der Waals surface area (Å²) >= 11 is 2.64. The van der Waals surface area contributed by atoms with E-state index in [1.54, 1.807) is 0 Å². The Morgan fingerprint density at radius 1 is 1.60 bits per heavy atom. The topological polar surface area (TPSA) is 76.2 Å². The molecule has 0 aliphatic rings. The molecule has 0 aliphatic carbocycles. The van der Waals surface area contributed by atoms with E-state index >= 15 is 0 Å². The van der Waals surface area contributed by atoms with Gasteiger partial charge in [-0.3, -0.25) is 4.79 Å². The van der Waals surface area contributed by atoms with Crippen LogP contribution in [0.4, 0.5) is 5.69 Å². The van der Waals surface area contributed by atoms with Crippen LogP contribution in [0.2, 0.25) is 0 Å². The number of nitrogen functional groups attached to an aromatic ring is 1. The van der Waals surface area contributed by atoms with Gasteiger partial charge in [0.05, 0.1) is 21.7 Å². The first-order chi connectivity index (χ1) is 7.16. The predicted molar refractivity (Wildman–Crippen MR) is 62.4 cm³/mol. The summed E-state index contributed by atoms with van der Waals surface area (Å²) in [5.41, 5.74) is 7.28. The minimum atomic E-state index is -0.841. The first-order valence-electron chi connectivity index (χ1n) is 4.16. The van der Waals surface area contributed by atoms with Crippen LogP contribution in [0.25, 0.3) is 10.2 Å². The highest BCUT2D eigenvalue weighted by Crippen LogP contribution is 2.32. The Morgan fingerprint density at radius 2 is 2.40 bits per heavy atom. The van der Waals surface area contributed by atoms with Crippen molar-refractivity contribution in [2.75, 3.05) is 11.5 Å².